The van der Waals surface area contributed by atoms with Crippen molar-refractivity contribution >= 4 is 5.97 Å². The molecule has 0 aliphatic rings. The molecular formula is C21H22O4. The fraction of sp³-hybridized carbons (Fsp3) is 0.190. The van der Waals surface area contributed by atoms with Crippen LogP contribution in [0.15, 0.2) is 84.7 Å². The van der Waals surface area contributed by atoms with E-state index < -0.39 is 5.97 Å². The fourth-order valence-electron chi connectivity index (χ4n) is 2.11. The molecule has 0 saturated heterocycles. The molecule has 0 saturated carbocycles. The van der Waals surface area contributed by atoms with Gasteiger partial charge in [0.1, 0.15) is 6.61 Å². The monoisotopic (exact) mass is 338 g/mol. The smallest absolute Gasteiger partial charge is 0.307 e. The highest BCUT2D eigenvalue weighted by Crippen LogP contribution is 2.07. The minimum absolute atomic E-state index is 0.0486. The van der Waals surface area contributed by atoms with Crippen LogP contribution in [0.25, 0.3) is 0 Å². The van der Waals surface area contributed by atoms with Crippen LogP contribution in [-0.2, 0) is 27.5 Å². The third kappa shape index (κ3) is 7.99. The third-order valence-corrected chi connectivity index (χ3v) is 3.39. The summed E-state index contributed by atoms with van der Waals surface area (Å²) in [5.41, 5.74) is 2.92. The van der Waals surface area contributed by atoms with Crippen LogP contribution < -0.4 is 0 Å². The predicted molar refractivity (Wildman–Crippen MR) is 96.8 cm³/mol. The highest BCUT2D eigenvalue weighted by Gasteiger charge is 1.99. The summed E-state index contributed by atoms with van der Waals surface area (Å²) in [5.74, 6) is -0.876. The van der Waals surface area contributed by atoms with Gasteiger partial charge in [0.25, 0.3) is 0 Å². The summed E-state index contributed by atoms with van der Waals surface area (Å²) >= 11 is 0. The first-order valence-corrected chi connectivity index (χ1v) is 8.08. The van der Waals surface area contributed by atoms with Gasteiger partial charge < -0.3 is 14.6 Å². The molecule has 130 valence electrons. The van der Waals surface area contributed by atoms with Crippen molar-refractivity contribution in [3.8, 4) is 0 Å². The molecular weight excluding hydrogens is 316 g/mol. The molecule has 0 aliphatic carbocycles. The lowest BCUT2D eigenvalue weighted by Gasteiger charge is -2.06. The molecule has 0 spiro atoms. The van der Waals surface area contributed by atoms with Crippen LogP contribution >= 0.6 is 0 Å². The van der Waals surface area contributed by atoms with Crippen LogP contribution in [0.5, 0.6) is 0 Å². The molecule has 0 bridgehead atoms. The van der Waals surface area contributed by atoms with E-state index in [1.807, 2.05) is 60.7 Å². The van der Waals surface area contributed by atoms with Gasteiger partial charge in [-0.2, -0.15) is 0 Å². The molecule has 25 heavy (non-hydrogen) atoms. The minimum atomic E-state index is -0.876. The highest BCUT2D eigenvalue weighted by atomic mass is 16.5. The molecule has 0 fully saturated rings. The summed E-state index contributed by atoms with van der Waals surface area (Å²) in [6.45, 7) is 1.27. The van der Waals surface area contributed by atoms with Gasteiger partial charge >= 0.3 is 5.97 Å². The van der Waals surface area contributed by atoms with E-state index in [1.54, 1.807) is 18.4 Å². The Hall–Kier alpha value is -2.85. The molecule has 0 aliphatic heterocycles. The predicted octanol–water partition coefficient (Wildman–Crippen LogP) is 4.33. The number of hydrogen-bond acceptors (Lipinski definition) is 3. The summed E-state index contributed by atoms with van der Waals surface area (Å²) in [5, 5.41) is 8.85. The van der Waals surface area contributed by atoms with E-state index in [2.05, 4.69) is 0 Å². The quantitative estimate of drug-likeness (QED) is 0.517. The molecule has 4 nitrogen and oxygen atoms in total. The van der Waals surface area contributed by atoms with Crippen LogP contribution in [0.1, 0.15) is 17.5 Å². The van der Waals surface area contributed by atoms with Gasteiger partial charge in [0, 0.05) is 0 Å². The average molecular weight is 338 g/mol. The van der Waals surface area contributed by atoms with E-state index in [1.165, 1.54) is 0 Å². The van der Waals surface area contributed by atoms with E-state index in [0.717, 1.165) is 16.7 Å². The van der Waals surface area contributed by atoms with Gasteiger partial charge in [-0.25, -0.2) is 0 Å². The van der Waals surface area contributed by atoms with Gasteiger partial charge in [-0.05, 0) is 22.8 Å². The van der Waals surface area contributed by atoms with Crippen LogP contribution in [0.3, 0.4) is 0 Å². The van der Waals surface area contributed by atoms with Crippen LogP contribution in [0, 0.1) is 0 Å². The van der Waals surface area contributed by atoms with Gasteiger partial charge in [-0.3, -0.25) is 4.79 Å². The Morgan fingerprint density at radius 3 is 2.12 bits per heavy atom. The van der Waals surface area contributed by atoms with Crippen molar-refractivity contribution in [1.82, 2.24) is 0 Å². The SMILES string of the molecule is O=C(O)C/C=C(/C=C/OCc1ccccc1)COCc1ccccc1. The molecule has 0 heterocycles. The summed E-state index contributed by atoms with van der Waals surface area (Å²) in [6.07, 6.45) is 4.91. The second kappa shape index (κ2) is 10.8. The van der Waals surface area contributed by atoms with Gasteiger partial charge in [0.2, 0.25) is 0 Å². The number of rotatable bonds is 10. The standard InChI is InChI=1S/C21H22O4/c22-21(23)12-11-20(17-25-16-19-9-5-2-6-10-19)13-14-24-15-18-7-3-1-4-8-18/h1-11,13-14H,12,15-17H2,(H,22,23)/b14-13+,20-11-. The molecule has 0 unspecified atom stereocenters. The van der Waals surface area contributed by atoms with Crippen LogP contribution in [0.2, 0.25) is 0 Å². The largest absolute Gasteiger partial charge is 0.497 e. The molecule has 2 rings (SSSR count). The Morgan fingerprint density at radius 2 is 1.52 bits per heavy atom. The van der Waals surface area contributed by atoms with Crippen molar-refractivity contribution < 1.29 is 19.4 Å². The first-order chi connectivity index (χ1) is 12.2. The third-order valence-electron chi connectivity index (χ3n) is 3.39. The zero-order valence-corrected chi connectivity index (χ0v) is 14.0. The number of ether oxygens (including phenoxy) is 2. The van der Waals surface area contributed by atoms with Gasteiger partial charge in [0.05, 0.1) is 25.9 Å². The van der Waals surface area contributed by atoms with Crippen molar-refractivity contribution in [2.45, 2.75) is 19.6 Å². The molecule has 0 aromatic heterocycles. The highest BCUT2D eigenvalue weighted by molar-refractivity contribution is 5.68. The van der Waals surface area contributed by atoms with Crippen molar-refractivity contribution in [2.24, 2.45) is 0 Å². The van der Waals surface area contributed by atoms with E-state index >= 15 is 0 Å². The second-order valence-electron chi connectivity index (χ2n) is 5.45. The van der Waals surface area contributed by atoms with E-state index in [9.17, 15) is 4.79 Å². The minimum Gasteiger partial charge on any atom is -0.497 e. The molecule has 0 atom stereocenters. The normalized spacial score (nSPS) is 11.6. The lowest BCUT2D eigenvalue weighted by atomic mass is 10.2. The Labute approximate surface area is 148 Å². The summed E-state index contributed by atoms with van der Waals surface area (Å²) < 4.78 is 11.2. The zero-order valence-electron chi connectivity index (χ0n) is 14.0. The fourth-order valence-corrected chi connectivity index (χ4v) is 2.11. The maximum absolute atomic E-state index is 10.8. The van der Waals surface area contributed by atoms with E-state index in [0.29, 0.717) is 19.8 Å². The van der Waals surface area contributed by atoms with Crippen molar-refractivity contribution in [2.75, 3.05) is 6.61 Å². The number of aliphatic carboxylic acids is 1. The topological polar surface area (TPSA) is 55.8 Å². The Morgan fingerprint density at radius 1 is 0.920 bits per heavy atom. The van der Waals surface area contributed by atoms with Crippen molar-refractivity contribution in [1.29, 1.82) is 0 Å². The number of carbonyl (C=O) groups is 1. The average Bonchev–Trinajstić information content (AvgIpc) is 2.64. The van der Waals surface area contributed by atoms with Gasteiger partial charge in [0.15, 0.2) is 0 Å². The summed E-state index contributed by atoms with van der Waals surface area (Å²) in [4.78, 5) is 10.8. The summed E-state index contributed by atoms with van der Waals surface area (Å²) in [6, 6.07) is 19.7. The van der Waals surface area contributed by atoms with Gasteiger partial charge in [-0.1, -0.05) is 66.7 Å². The van der Waals surface area contributed by atoms with Crippen molar-refractivity contribution in [3.05, 3.63) is 95.8 Å². The second-order valence-corrected chi connectivity index (χ2v) is 5.45. The zero-order chi connectivity index (χ0) is 17.7. The lowest BCUT2D eigenvalue weighted by molar-refractivity contribution is -0.136. The maximum atomic E-state index is 10.8. The van der Waals surface area contributed by atoms with E-state index in [-0.39, 0.29) is 6.42 Å². The molecule has 1 N–H and O–H groups in total. The molecule has 4 heteroatoms. The lowest BCUT2D eigenvalue weighted by Crippen LogP contribution is -1.99. The number of benzene rings is 2. The molecule has 0 radical (unpaired) electrons. The summed E-state index contributed by atoms with van der Waals surface area (Å²) in [7, 11) is 0. The maximum Gasteiger partial charge on any atom is 0.307 e. The molecule has 0 amide bonds. The van der Waals surface area contributed by atoms with Crippen molar-refractivity contribution in [3.63, 3.8) is 0 Å². The van der Waals surface area contributed by atoms with Crippen LogP contribution in [0.4, 0.5) is 0 Å². The first kappa shape index (κ1) is 18.5. The van der Waals surface area contributed by atoms with Crippen LogP contribution in [-0.4, -0.2) is 17.7 Å². The number of hydrogen-bond donors (Lipinski definition) is 1. The van der Waals surface area contributed by atoms with E-state index in [4.69, 9.17) is 14.6 Å². The molecule has 2 aromatic carbocycles. The Balaban J connectivity index is 1.83. The first-order valence-electron chi connectivity index (χ1n) is 8.08. The molecule has 2 aromatic rings. The van der Waals surface area contributed by atoms with Gasteiger partial charge in [-0.15, -0.1) is 0 Å². The number of carboxylic acids is 1. The Kier molecular flexibility index (Phi) is 8.01. The number of carboxylic acid groups (broad SMARTS) is 1. The Bertz CT molecular complexity index is 690.